The summed E-state index contributed by atoms with van der Waals surface area (Å²) in [7, 11) is 1.52. The molecule has 0 atom stereocenters. The first-order valence-electron chi connectivity index (χ1n) is 6.58. The van der Waals surface area contributed by atoms with Crippen molar-refractivity contribution in [2.24, 2.45) is 0 Å². The summed E-state index contributed by atoms with van der Waals surface area (Å²) in [5, 5.41) is 12.1. The number of rotatable bonds is 6. The Bertz CT molecular complexity index is 609. The summed E-state index contributed by atoms with van der Waals surface area (Å²) in [5.74, 6) is 0.600. The van der Waals surface area contributed by atoms with E-state index in [1.54, 1.807) is 23.7 Å². The van der Waals surface area contributed by atoms with Crippen LogP contribution in [0.4, 0.5) is 0 Å². The summed E-state index contributed by atoms with van der Waals surface area (Å²) in [6, 6.07) is 3.41. The lowest BCUT2D eigenvalue weighted by molar-refractivity contribution is 0.0363. The van der Waals surface area contributed by atoms with Gasteiger partial charge in [0.05, 0.1) is 31.2 Å². The maximum absolute atomic E-state index is 12.0. The Balaban J connectivity index is 2.32. The lowest BCUT2D eigenvalue weighted by atomic mass is 10.2. The molecular weight excluding hydrogens is 274 g/mol. The second kappa shape index (κ2) is 6.80. The SMILES string of the molecule is CCONC(=O)c1cnn(-c2ccc(OC)nn2)c1CC. The number of methoxy groups -OCH3 is 1. The number of ether oxygens (including phenoxy) is 1. The molecule has 0 bridgehead atoms. The minimum absolute atomic E-state index is 0.332. The highest BCUT2D eigenvalue weighted by atomic mass is 16.6. The molecule has 0 radical (unpaired) electrons. The van der Waals surface area contributed by atoms with Crippen LogP contribution in [0.3, 0.4) is 0 Å². The molecule has 0 aromatic carbocycles. The Morgan fingerprint density at radius 2 is 2.14 bits per heavy atom. The van der Waals surface area contributed by atoms with Gasteiger partial charge in [0, 0.05) is 6.07 Å². The van der Waals surface area contributed by atoms with Crippen molar-refractivity contribution in [1.82, 2.24) is 25.5 Å². The molecule has 2 aromatic rings. The zero-order valence-electron chi connectivity index (χ0n) is 12.2. The first kappa shape index (κ1) is 14.9. The Kier molecular flexibility index (Phi) is 4.83. The predicted molar refractivity (Wildman–Crippen MR) is 74.2 cm³/mol. The number of amides is 1. The second-order valence-electron chi connectivity index (χ2n) is 4.07. The molecular formula is C13H17N5O3. The normalized spacial score (nSPS) is 10.4. The largest absolute Gasteiger partial charge is 0.480 e. The third-order valence-corrected chi connectivity index (χ3v) is 2.81. The van der Waals surface area contributed by atoms with E-state index < -0.39 is 0 Å². The highest BCUT2D eigenvalue weighted by Crippen LogP contribution is 2.15. The van der Waals surface area contributed by atoms with Crippen molar-refractivity contribution >= 4 is 5.91 Å². The van der Waals surface area contributed by atoms with E-state index in [0.29, 0.717) is 30.3 Å². The van der Waals surface area contributed by atoms with E-state index in [2.05, 4.69) is 20.8 Å². The number of hydrogen-bond donors (Lipinski definition) is 1. The highest BCUT2D eigenvalue weighted by molar-refractivity contribution is 5.94. The average Bonchev–Trinajstić information content (AvgIpc) is 2.96. The van der Waals surface area contributed by atoms with Crippen LogP contribution in [-0.4, -0.2) is 39.6 Å². The van der Waals surface area contributed by atoms with E-state index in [1.807, 2.05) is 6.92 Å². The molecule has 2 heterocycles. The molecule has 8 nitrogen and oxygen atoms in total. The third kappa shape index (κ3) is 3.16. The number of hydroxylamine groups is 1. The van der Waals surface area contributed by atoms with Crippen molar-refractivity contribution in [1.29, 1.82) is 0 Å². The fraction of sp³-hybridized carbons (Fsp3) is 0.385. The molecule has 0 aliphatic heterocycles. The average molecular weight is 291 g/mol. The molecule has 8 heteroatoms. The molecule has 0 saturated carbocycles. The smallest absolute Gasteiger partial charge is 0.278 e. The number of nitrogens with one attached hydrogen (secondary N) is 1. The predicted octanol–water partition coefficient (Wildman–Crippen LogP) is 0.915. The van der Waals surface area contributed by atoms with E-state index in [4.69, 9.17) is 9.57 Å². The van der Waals surface area contributed by atoms with Crippen molar-refractivity contribution < 1.29 is 14.4 Å². The monoisotopic (exact) mass is 291 g/mol. The van der Waals surface area contributed by atoms with Gasteiger partial charge in [-0.25, -0.2) is 10.2 Å². The first-order chi connectivity index (χ1) is 10.2. The van der Waals surface area contributed by atoms with Crippen LogP contribution in [0.2, 0.25) is 0 Å². The van der Waals surface area contributed by atoms with Crippen molar-refractivity contribution in [3.8, 4) is 11.7 Å². The summed E-state index contributed by atoms with van der Waals surface area (Å²) in [6.07, 6.45) is 2.10. The standard InChI is InChI=1S/C13H17N5O3/c1-4-10-9(13(19)17-21-5-2)8-14-18(10)11-6-7-12(20-3)16-15-11/h6-8H,4-5H2,1-3H3,(H,17,19). The van der Waals surface area contributed by atoms with Crippen LogP contribution in [0.5, 0.6) is 5.88 Å². The Morgan fingerprint density at radius 3 is 2.71 bits per heavy atom. The molecule has 0 spiro atoms. The second-order valence-corrected chi connectivity index (χ2v) is 4.07. The lowest BCUT2D eigenvalue weighted by Gasteiger charge is -2.07. The minimum atomic E-state index is -0.332. The topological polar surface area (TPSA) is 91.2 Å². The molecule has 0 aliphatic carbocycles. The highest BCUT2D eigenvalue weighted by Gasteiger charge is 2.18. The Hall–Kier alpha value is -2.48. The van der Waals surface area contributed by atoms with Crippen molar-refractivity contribution in [3.63, 3.8) is 0 Å². The van der Waals surface area contributed by atoms with Gasteiger partial charge < -0.3 is 4.74 Å². The number of carbonyl (C=O) groups is 1. The van der Waals surface area contributed by atoms with Gasteiger partial charge in [-0.3, -0.25) is 9.63 Å². The Morgan fingerprint density at radius 1 is 1.33 bits per heavy atom. The number of nitrogens with zero attached hydrogens (tertiary/aromatic N) is 4. The molecule has 2 aromatic heterocycles. The van der Waals surface area contributed by atoms with E-state index >= 15 is 0 Å². The maximum Gasteiger partial charge on any atom is 0.278 e. The summed E-state index contributed by atoms with van der Waals surface area (Å²) < 4.78 is 6.54. The zero-order chi connectivity index (χ0) is 15.2. The summed E-state index contributed by atoms with van der Waals surface area (Å²) in [5.41, 5.74) is 3.53. The van der Waals surface area contributed by atoms with E-state index in [-0.39, 0.29) is 5.91 Å². The van der Waals surface area contributed by atoms with Crippen molar-refractivity contribution in [2.45, 2.75) is 20.3 Å². The first-order valence-corrected chi connectivity index (χ1v) is 6.58. The van der Waals surface area contributed by atoms with Crippen LogP contribution >= 0.6 is 0 Å². The van der Waals surface area contributed by atoms with Gasteiger partial charge in [0.25, 0.3) is 5.91 Å². The van der Waals surface area contributed by atoms with Crippen molar-refractivity contribution in [3.05, 3.63) is 29.6 Å². The molecule has 0 fully saturated rings. The molecule has 112 valence electrons. The van der Waals surface area contributed by atoms with E-state index in [1.165, 1.54) is 13.3 Å². The summed E-state index contributed by atoms with van der Waals surface area (Å²) in [4.78, 5) is 16.9. The number of hydrogen-bond acceptors (Lipinski definition) is 6. The van der Waals surface area contributed by atoms with E-state index in [0.717, 1.165) is 5.69 Å². The van der Waals surface area contributed by atoms with Gasteiger partial charge in [-0.1, -0.05) is 6.92 Å². The fourth-order valence-corrected chi connectivity index (χ4v) is 1.83. The zero-order valence-corrected chi connectivity index (χ0v) is 12.2. The van der Waals surface area contributed by atoms with Crippen LogP contribution in [0.25, 0.3) is 5.82 Å². The minimum Gasteiger partial charge on any atom is -0.480 e. The molecule has 2 rings (SSSR count). The summed E-state index contributed by atoms with van der Waals surface area (Å²) >= 11 is 0. The Labute approximate surface area is 122 Å². The van der Waals surface area contributed by atoms with Gasteiger partial charge in [-0.15, -0.1) is 10.2 Å². The molecule has 0 unspecified atom stereocenters. The molecule has 1 N–H and O–H groups in total. The molecule has 1 amide bonds. The van der Waals surface area contributed by atoms with Crippen LogP contribution in [-0.2, 0) is 11.3 Å². The van der Waals surface area contributed by atoms with Crippen LogP contribution < -0.4 is 10.2 Å². The van der Waals surface area contributed by atoms with Crippen LogP contribution in [0.1, 0.15) is 29.9 Å². The molecule has 0 aliphatic rings. The van der Waals surface area contributed by atoms with Gasteiger partial charge in [0.2, 0.25) is 5.88 Å². The van der Waals surface area contributed by atoms with Crippen LogP contribution in [0.15, 0.2) is 18.3 Å². The number of carbonyl (C=O) groups excluding carboxylic acids is 1. The lowest BCUT2D eigenvalue weighted by Crippen LogP contribution is -2.24. The van der Waals surface area contributed by atoms with Gasteiger partial charge in [0.15, 0.2) is 5.82 Å². The fourth-order valence-electron chi connectivity index (χ4n) is 1.83. The van der Waals surface area contributed by atoms with Gasteiger partial charge in [-0.05, 0) is 19.4 Å². The maximum atomic E-state index is 12.0. The molecule has 21 heavy (non-hydrogen) atoms. The van der Waals surface area contributed by atoms with Crippen LogP contribution in [0, 0.1) is 0 Å². The van der Waals surface area contributed by atoms with Gasteiger partial charge in [-0.2, -0.15) is 5.10 Å². The van der Waals surface area contributed by atoms with Gasteiger partial charge >= 0.3 is 0 Å². The third-order valence-electron chi connectivity index (χ3n) is 2.81. The van der Waals surface area contributed by atoms with Gasteiger partial charge in [0.1, 0.15) is 0 Å². The van der Waals surface area contributed by atoms with Crippen molar-refractivity contribution in [2.75, 3.05) is 13.7 Å². The quantitative estimate of drug-likeness (QED) is 0.796. The number of aromatic nitrogens is 4. The summed E-state index contributed by atoms with van der Waals surface area (Å²) in [6.45, 7) is 4.12. The molecule has 0 saturated heterocycles. The van der Waals surface area contributed by atoms with E-state index in [9.17, 15) is 4.79 Å².